The molecular weight excluding hydrogens is 262 g/mol. The van der Waals surface area contributed by atoms with Crippen LogP contribution in [0, 0.1) is 0 Å². The molecule has 4 nitrogen and oxygen atoms in total. The van der Waals surface area contributed by atoms with Crippen molar-refractivity contribution in [1.29, 1.82) is 0 Å². The molecule has 19 heavy (non-hydrogen) atoms. The van der Waals surface area contributed by atoms with E-state index in [0.29, 0.717) is 12.8 Å². The first kappa shape index (κ1) is 13.9. The molecule has 0 heterocycles. The van der Waals surface area contributed by atoms with Crippen LogP contribution in [-0.4, -0.2) is 35.0 Å². The second-order valence-corrected chi connectivity index (χ2v) is 5.62. The van der Waals surface area contributed by atoms with Gasteiger partial charge in [0, 0.05) is 0 Å². The van der Waals surface area contributed by atoms with E-state index < -0.39 is 12.0 Å². The lowest BCUT2D eigenvalue weighted by molar-refractivity contribution is -0.142. The van der Waals surface area contributed by atoms with Crippen LogP contribution in [0.25, 0.3) is 0 Å². The lowest BCUT2D eigenvalue weighted by atomic mass is 9.77. The van der Waals surface area contributed by atoms with Crippen molar-refractivity contribution in [2.75, 3.05) is 12.0 Å². The van der Waals surface area contributed by atoms with Gasteiger partial charge in [-0.1, -0.05) is 24.3 Å². The first-order valence-corrected chi connectivity index (χ1v) is 7.62. The Labute approximate surface area is 116 Å². The number of nitrogens with one attached hydrogen (secondary N) is 1. The van der Waals surface area contributed by atoms with E-state index in [1.54, 1.807) is 11.8 Å². The molecule has 1 aromatic rings. The van der Waals surface area contributed by atoms with Crippen molar-refractivity contribution in [3.05, 3.63) is 35.4 Å². The minimum atomic E-state index is -0.963. The summed E-state index contributed by atoms with van der Waals surface area (Å²) in [4.78, 5) is 23.2. The summed E-state index contributed by atoms with van der Waals surface area (Å²) in [6.45, 7) is 0. The number of hydrogen-bond acceptors (Lipinski definition) is 3. The summed E-state index contributed by atoms with van der Waals surface area (Å²) in [5.74, 6) is -0.604. The van der Waals surface area contributed by atoms with Gasteiger partial charge in [0.05, 0.1) is 5.92 Å². The van der Waals surface area contributed by atoms with E-state index in [-0.39, 0.29) is 11.8 Å². The minimum absolute atomic E-state index is 0.174. The number of rotatable bonds is 6. The minimum Gasteiger partial charge on any atom is -0.480 e. The van der Waals surface area contributed by atoms with Crippen LogP contribution in [0.3, 0.4) is 0 Å². The highest BCUT2D eigenvalue weighted by atomic mass is 32.2. The third-order valence-electron chi connectivity index (χ3n) is 3.40. The Morgan fingerprint density at radius 1 is 1.47 bits per heavy atom. The Kier molecular flexibility index (Phi) is 4.47. The molecule has 2 unspecified atom stereocenters. The summed E-state index contributed by atoms with van der Waals surface area (Å²) < 4.78 is 0. The van der Waals surface area contributed by atoms with Gasteiger partial charge < -0.3 is 10.4 Å². The summed E-state index contributed by atoms with van der Waals surface area (Å²) in [5.41, 5.74) is 2.20. The second-order valence-electron chi connectivity index (χ2n) is 4.64. The summed E-state index contributed by atoms with van der Waals surface area (Å²) in [6.07, 6.45) is 3.08. The number of thioether (sulfide) groups is 1. The third kappa shape index (κ3) is 3.10. The van der Waals surface area contributed by atoms with Crippen LogP contribution in [0.1, 0.15) is 23.5 Å². The van der Waals surface area contributed by atoms with Crippen molar-refractivity contribution in [2.24, 2.45) is 0 Å². The van der Waals surface area contributed by atoms with Gasteiger partial charge in [0.1, 0.15) is 6.04 Å². The van der Waals surface area contributed by atoms with E-state index in [1.807, 2.05) is 30.5 Å². The molecule has 1 aliphatic rings. The van der Waals surface area contributed by atoms with Crippen LogP contribution in [0.2, 0.25) is 0 Å². The van der Waals surface area contributed by atoms with Crippen LogP contribution in [0.15, 0.2) is 24.3 Å². The highest BCUT2D eigenvalue weighted by Gasteiger charge is 2.33. The van der Waals surface area contributed by atoms with E-state index in [4.69, 9.17) is 5.11 Å². The molecule has 0 aromatic heterocycles. The average molecular weight is 279 g/mol. The van der Waals surface area contributed by atoms with Gasteiger partial charge in [-0.15, -0.1) is 0 Å². The molecular formula is C14H17NO3S. The average Bonchev–Trinajstić information content (AvgIpc) is 2.35. The molecule has 1 aromatic carbocycles. The quantitative estimate of drug-likeness (QED) is 0.831. The monoisotopic (exact) mass is 279 g/mol. The molecule has 102 valence electrons. The van der Waals surface area contributed by atoms with E-state index >= 15 is 0 Å². The Morgan fingerprint density at radius 3 is 2.84 bits per heavy atom. The Balaban J connectivity index is 1.96. The molecule has 5 heteroatoms. The maximum atomic E-state index is 12.1. The smallest absolute Gasteiger partial charge is 0.326 e. The number of hydrogen-bond donors (Lipinski definition) is 2. The molecule has 0 saturated heterocycles. The number of fused-ring (bicyclic) bond motifs is 1. The normalized spacial score (nSPS) is 18.1. The second kappa shape index (κ2) is 6.10. The molecule has 2 atom stereocenters. The van der Waals surface area contributed by atoms with Crippen molar-refractivity contribution < 1.29 is 14.7 Å². The van der Waals surface area contributed by atoms with Crippen molar-refractivity contribution in [3.8, 4) is 0 Å². The zero-order chi connectivity index (χ0) is 13.8. The number of amides is 1. The van der Waals surface area contributed by atoms with Crippen LogP contribution in [0.4, 0.5) is 0 Å². The number of carboxylic acids is 1. The highest BCUT2D eigenvalue weighted by Crippen LogP contribution is 2.34. The molecule has 2 N–H and O–H groups in total. The predicted octanol–water partition coefficient (Wildman–Crippen LogP) is 1.65. The van der Waals surface area contributed by atoms with Gasteiger partial charge in [0.25, 0.3) is 0 Å². The lowest BCUT2D eigenvalue weighted by Crippen LogP contribution is -2.45. The molecule has 0 radical (unpaired) electrons. The van der Waals surface area contributed by atoms with Crippen LogP contribution in [0.5, 0.6) is 0 Å². The fraction of sp³-hybridized carbons (Fsp3) is 0.429. The van der Waals surface area contributed by atoms with E-state index in [2.05, 4.69) is 5.32 Å². The summed E-state index contributed by atoms with van der Waals surface area (Å²) in [6, 6.07) is 7.00. The first-order chi connectivity index (χ1) is 9.13. The molecule has 0 bridgehead atoms. The lowest BCUT2D eigenvalue weighted by Gasteiger charge is -2.30. The first-order valence-electron chi connectivity index (χ1n) is 6.23. The van der Waals surface area contributed by atoms with Gasteiger partial charge >= 0.3 is 5.97 Å². The topological polar surface area (TPSA) is 66.4 Å². The van der Waals surface area contributed by atoms with Gasteiger partial charge in [-0.25, -0.2) is 4.79 Å². The standard InChI is InChI=1S/C14H17NO3S/c1-19-7-6-12(14(17)18)15-13(16)11-8-9-4-2-3-5-10(9)11/h2-5,11-12H,6-8H2,1H3,(H,15,16)(H,17,18). The Morgan fingerprint density at radius 2 is 2.21 bits per heavy atom. The van der Waals surface area contributed by atoms with Gasteiger partial charge in [-0.2, -0.15) is 11.8 Å². The number of carboxylic acid groups (broad SMARTS) is 1. The van der Waals surface area contributed by atoms with Gasteiger partial charge in [-0.3, -0.25) is 4.79 Å². The zero-order valence-electron chi connectivity index (χ0n) is 10.8. The third-order valence-corrected chi connectivity index (χ3v) is 4.04. The van der Waals surface area contributed by atoms with Crippen molar-refractivity contribution >= 4 is 23.6 Å². The molecule has 0 fully saturated rings. The molecule has 1 amide bonds. The Bertz CT molecular complexity index is 489. The number of benzene rings is 1. The van der Waals surface area contributed by atoms with Crippen LogP contribution in [-0.2, 0) is 16.0 Å². The van der Waals surface area contributed by atoms with Gasteiger partial charge in [0.15, 0.2) is 0 Å². The number of aliphatic carboxylic acids is 1. The number of carbonyl (C=O) groups excluding carboxylic acids is 1. The summed E-state index contributed by atoms with van der Waals surface area (Å²) >= 11 is 1.58. The Hall–Kier alpha value is -1.49. The SMILES string of the molecule is CSCCC(NC(=O)C1Cc2ccccc21)C(=O)O. The maximum absolute atomic E-state index is 12.1. The largest absolute Gasteiger partial charge is 0.480 e. The molecule has 0 aliphatic heterocycles. The van der Waals surface area contributed by atoms with Crippen molar-refractivity contribution in [2.45, 2.75) is 24.8 Å². The van der Waals surface area contributed by atoms with E-state index in [1.165, 1.54) is 5.56 Å². The van der Waals surface area contributed by atoms with Crippen LogP contribution >= 0.6 is 11.8 Å². The molecule has 0 spiro atoms. The highest BCUT2D eigenvalue weighted by molar-refractivity contribution is 7.98. The van der Waals surface area contributed by atoms with Crippen LogP contribution < -0.4 is 5.32 Å². The molecule has 0 saturated carbocycles. The van der Waals surface area contributed by atoms with Gasteiger partial charge in [0.2, 0.25) is 5.91 Å². The van der Waals surface area contributed by atoms with Crippen molar-refractivity contribution in [1.82, 2.24) is 5.32 Å². The fourth-order valence-electron chi connectivity index (χ4n) is 2.26. The summed E-state index contributed by atoms with van der Waals surface area (Å²) in [5, 5.41) is 11.7. The van der Waals surface area contributed by atoms with E-state index in [0.717, 1.165) is 11.3 Å². The molecule has 2 rings (SSSR count). The fourth-order valence-corrected chi connectivity index (χ4v) is 2.73. The predicted molar refractivity (Wildman–Crippen MR) is 75.5 cm³/mol. The molecule has 1 aliphatic carbocycles. The van der Waals surface area contributed by atoms with E-state index in [9.17, 15) is 9.59 Å². The summed E-state index contributed by atoms with van der Waals surface area (Å²) in [7, 11) is 0. The zero-order valence-corrected chi connectivity index (χ0v) is 11.6. The maximum Gasteiger partial charge on any atom is 0.326 e. The number of carbonyl (C=O) groups is 2. The van der Waals surface area contributed by atoms with Crippen molar-refractivity contribution in [3.63, 3.8) is 0 Å². The van der Waals surface area contributed by atoms with Gasteiger partial charge in [-0.05, 0) is 36.0 Å².